The van der Waals surface area contributed by atoms with Gasteiger partial charge in [-0.25, -0.2) is 4.79 Å². The molecule has 1 aliphatic heterocycles. The average molecular weight is 681 g/mol. The summed E-state index contributed by atoms with van der Waals surface area (Å²) in [6.45, 7) is 10.7. The van der Waals surface area contributed by atoms with Gasteiger partial charge in [-0.15, -0.1) is 11.6 Å². The van der Waals surface area contributed by atoms with Crippen LogP contribution in [0.3, 0.4) is 0 Å². The van der Waals surface area contributed by atoms with Crippen LogP contribution in [0.4, 0.5) is 21.9 Å². The van der Waals surface area contributed by atoms with Crippen LogP contribution in [0.1, 0.15) is 78.3 Å². The molecule has 0 fully saturated rings. The van der Waals surface area contributed by atoms with Gasteiger partial charge in [0.1, 0.15) is 11.4 Å². The minimum absolute atomic E-state index is 0.0186. The van der Waals surface area contributed by atoms with Gasteiger partial charge in [-0.1, -0.05) is 31.5 Å². The third-order valence-electron chi connectivity index (χ3n) is 8.54. The van der Waals surface area contributed by atoms with Crippen molar-refractivity contribution in [3.8, 4) is 5.75 Å². The molecule has 0 spiro atoms. The zero-order valence-corrected chi connectivity index (χ0v) is 29.2. The number of anilines is 3. The van der Waals surface area contributed by atoms with E-state index in [9.17, 15) is 14.4 Å². The molecule has 9 nitrogen and oxygen atoms in total. The Morgan fingerprint density at radius 3 is 2.45 bits per heavy atom. The van der Waals surface area contributed by atoms with E-state index in [0.29, 0.717) is 41.5 Å². The number of hydrogen-bond donors (Lipinski definition) is 2. The Morgan fingerprint density at radius 1 is 0.959 bits per heavy atom. The molecule has 0 radical (unpaired) electrons. The molecular formula is C39H41ClN4O5. The molecule has 1 atom stereocenters. The number of unbranched alkanes of at least 4 members (excludes halogenated alkanes) is 1. The number of nitrogens with zero attached hydrogens (tertiary/aromatic N) is 2. The molecule has 10 heteroatoms. The normalized spacial score (nSPS) is 14.2. The second-order valence-electron chi connectivity index (χ2n) is 13.4. The smallest absolute Gasteiger partial charge is 0.412 e. The van der Waals surface area contributed by atoms with Gasteiger partial charge in [-0.3, -0.25) is 14.9 Å². The summed E-state index contributed by atoms with van der Waals surface area (Å²) in [6, 6.07) is 20.2. The number of carbonyl (C=O) groups is 3. The molecule has 2 N–H and O–H groups in total. The van der Waals surface area contributed by atoms with Crippen LogP contribution >= 0.6 is 11.6 Å². The molecule has 6 rings (SSSR count). The summed E-state index contributed by atoms with van der Waals surface area (Å²) in [5.74, 6) is 0.706. The van der Waals surface area contributed by atoms with Crippen LogP contribution in [0.2, 0.25) is 0 Å². The van der Waals surface area contributed by atoms with Gasteiger partial charge in [0.2, 0.25) is 0 Å². The topological polar surface area (TPSA) is 101 Å². The Morgan fingerprint density at radius 2 is 1.73 bits per heavy atom. The molecule has 49 heavy (non-hydrogen) atoms. The molecule has 0 aliphatic carbocycles. The van der Waals surface area contributed by atoms with E-state index in [4.69, 9.17) is 21.1 Å². The Hall–Kier alpha value is -5.02. The lowest BCUT2D eigenvalue weighted by Crippen LogP contribution is -2.29. The highest BCUT2D eigenvalue weighted by molar-refractivity contribution is 6.19. The number of benzene rings is 3. The molecule has 5 aromatic rings. The van der Waals surface area contributed by atoms with Crippen LogP contribution in [0.15, 0.2) is 79.1 Å². The number of hydrogen-bond acceptors (Lipinski definition) is 5. The summed E-state index contributed by atoms with van der Waals surface area (Å²) in [7, 11) is 0. The molecule has 2 aromatic heterocycles. The van der Waals surface area contributed by atoms with Gasteiger partial charge in [0, 0.05) is 64.6 Å². The van der Waals surface area contributed by atoms with Crippen LogP contribution in [0.25, 0.3) is 16.3 Å². The minimum Gasteiger partial charge on any atom is -0.493 e. The van der Waals surface area contributed by atoms with Crippen molar-refractivity contribution in [1.82, 2.24) is 4.40 Å². The van der Waals surface area contributed by atoms with Crippen molar-refractivity contribution in [3.63, 3.8) is 0 Å². The maximum Gasteiger partial charge on any atom is 0.412 e. The molecule has 3 heterocycles. The maximum atomic E-state index is 14.2. The maximum absolute atomic E-state index is 14.2. The fourth-order valence-corrected chi connectivity index (χ4v) is 6.49. The highest BCUT2D eigenvalue weighted by Gasteiger charge is 2.36. The number of ether oxygens (including phenoxy) is 2. The first-order valence-electron chi connectivity index (χ1n) is 16.6. The number of nitrogens with one attached hydrogen (secondary N) is 2. The molecule has 3 amide bonds. The minimum atomic E-state index is -0.618. The molecule has 0 bridgehead atoms. The first kappa shape index (κ1) is 33.9. The molecule has 0 saturated heterocycles. The van der Waals surface area contributed by atoms with Crippen molar-refractivity contribution < 1.29 is 23.9 Å². The third-order valence-corrected chi connectivity index (χ3v) is 8.91. The lowest BCUT2D eigenvalue weighted by atomic mass is 9.92. The quantitative estimate of drug-likeness (QED) is 0.119. The van der Waals surface area contributed by atoms with E-state index in [1.165, 1.54) is 0 Å². The number of amides is 3. The molecule has 0 unspecified atom stereocenters. The van der Waals surface area contributed by atoms with Crippen LogP contribution in [0, 0.1) is 6.92 Å². The number of fused-ring (bicyclic) bond motifs is 4. The van der Waals surface area contributed by atoms with Gasteiger partial charge in [-0.05, 0) is 93.1 Å². The van der Waals surface area contributed by atoms with E-state index in [1.54, 1.807) is 57.3 Å². The molecule has 3 aromatic carbocycles. The summed E-state index contributed by atoms with van der Waals surface area (Å²) < 4.78 is 13.4. The Bertz CT molecular complexity index is 2050. The van der Waals surface area contributed by atoms with Gasteiger partial charge in [0.25, 0.3) is 11.8 Å². The van der Waals surface area contributed by atoms with Crippen molar-refractivity contribution in [1.29, 1.82) is 0 Å². The fraction of sp³-hybridized carbons (Fsp3) is 0.308. The second-order valence-corrected chi connectivity index (χ2v) is 13.7. The predicted octanol–water partition coefficient (Wildman–Crippen LogP) is 9.16. The van der Waals surface area contributed by atoms with Crippen molar-refractivity contribution in [2.45, 2.75) is 59.0 Å². The lowest BCUT2D eigenvalue weighted by molar-refractivity contribution is 0.0635. The first-order chi connectivity index (χ1) is 23.5. The van der Waals surface area contributed by atoms with Crippen LogP contribution < -0.4 is 20.3 Å². The van der Waals surface area contributed by atoms with Gasteiger partial charge < -0.3 is 24.1 Å². The number of aryl methyl sites for hydroxylation is 1. The van der Waals surface area contributed by atoms with Crippen LogP contribution in [-0.2, 0) is 4.74 Å². The van der Waals surface area contributed by atoms with E-state index in [0.717, 1.165) is 51.7 Å². The summed E-state index contributed by atoms with van der Waals surface area (Å²) in [6.07, 6.45) is 5.01. The number of pyridine rings is 1. The van der Waals surface area contributed by atoms with E-state index >= 15 is 0 Å². The SMILES string of the molecule is CCCCOc1cc2c(c3c(C)cccc13)[C@H](CCl)CN2C(=O)c1cc2cc(NC(=O)c3ccc(NC(=O)OC(C)(C)C)cc3)ccn2c1. The summed E-state index contributed by atoms with van der Waals surface area (Å²) in [5, 5.41) is 7.72. The van der Waals surface area contributed by atoms with Gasteiger partial charge in [0.05, 0.1) is 17.9 Å². The average Bonchev–Trinajstić information content (AvgIpc) is 3.65. The summed E-state index contributed by atoms with van der Waals surface area (Å²) in [4.78, 5) is 41.1. The Labute approximate surface area is 291 Å². The van der Waals surface area contributed by atoms with Gasteiger partial charge in [-0.2, -0.15) is 0 Å². The van der Waals surface area contributed by atoms with Gasteiger partial charge in [0.15, 0.2) is 0 Å². The number of aromatic nitrogens is 1. The molecule has 0 saturated carbocycles. The van der Waals surface area contributed by atoms with E-state index in [1.807, 2.05) is 39.8 Å². The molecule has 1 aliphatic rings. The number of rotatable bonds is 9. The van der Waals surface area contributed by atoms with Crippen molar-refractivity contribution >= 4 is 62.9 Å². The van der Waals surface area contributed by atoms with Crippen LogP contribution in [-0.4, -0.2) is 46.9 Å². The summed E-state index contributed by atoms with van der Waals surface area (Å²) in [5.41, 5.74) is 5.21. The van der Waals surface area contributed by atoms with Crippen molar-refractivity contribution in [3.05, 3.63) is 101 Å². The first-order valence-corrected chi connectivity index (χ1v) is 17.1. The largest absolute Gasteiger partial charge is 0.493 e. The lowest BCUT2D eigenvalue weighted by Gasteiger charge is -2.20. The standard InChI is InChI=1S/C39H41ClN4O5/c1-6-7-17-48-33-20-32-35(34-24(2)9-8-10-31(33)34)27(21-40)23-44(32)37(46)26-18-30-19-29(15-16-43(30)22-26)41-36(45)25-11-13-28(14-12-25)42-38(47)49-39(3,4)5/h8-16,18-20,22,27H,6-7,17,21,23H2,1-5H3,(H,41,45)(H,42,47)/t27-/m1/s1. The van der Waals surface area contributed by atoms with E-state index in [2.05, 4.69) is 36.6 Å². The number of carbonyl (C=O) groups excluding carboxylic acids is 3. The van der Waals surface area contributed by atoms with Gasteiger partial charge >= 0.3 is 6.09 Å². The van der Waals surface area contributed by atoms with Crippen LogP contribution in [0.5, 0.6) is 5.75 Å². The predicted molar refractivity (Wildman–Crippen MR) is 196 cm³/mol. The molecule has 254 valence electrons. The monoisotopic (exact) mass is 680 g/mol. The molecular weight excluding hydrogens is 640 g/mol. The third kappa shape index (κ3) is 7.22. The van der Waals surface area contributed by atoms with Crippen molar-refractivity contribution in [2.24, 2.45) is 0 Å². The fourth-order valence-electron chi connectivity index (χ4n) is 6.24. The highest BCUT2D eigenvalue weighted by Crippen LogP contribution is 2.47. The Balaban J connectivity index is 1.22. The highest BCUT2D eigenvalue weighted by atomic mass is 35.5. The second kappa shape index (κ2) is 13.8. The zero-order valence-electron chi connectivity index (χ0n) is 28.4. The van der Waals surface area contributed by atoms with E-state index < -0.39 is 11.7 Å². The number of alkyl halides is 1. The zero-order chi connectivity index (χ0) is 34.9. The Kier molecular flexibility index (Phi) is 9.56. The van der Waals surface area contributed by atoms with Crippen molar-refractivity contribution in [2.75, 3.05) is 34.6 Å². The number of halogens is 1. The summed E-state index contributed by atoms with van der Waals surface area (Å²) >= 11 is 6.53. The van der Waals surface area contributed by atoms with E-state index in [-0.39, 0.29) is 17.7 Å².